The molecule has 1 nitrogen and oxygen atoms in total. The first-order valence-electron chi connectivity index (χ1n) is 6.60. The summed E-state index contributed by atoms with van der Waals surface area (Å²) in [6, 6.07) is 7.10. The Morgan fingerprint density at radius 1 is 0.950 bits per heavy atom. The molecule has 106 valence electrons. The summed E-state index contributed by atoms with van der Waals surface area (Å²) in [6.45, 7) is 7.83. The summed E-state index contributed by atoms with van der Waals surface area (Å²) in [7, 11) is 0. The summed E-state index contributed by atoms with van der Waals surface area (Å²) in [4.78, 5) is 0. The Kier molecular flexibility index (Phi) is 4.31. The molecule has 0 bridgehead atoms. The third kappa shape index (κ3) is 2.79. The van der Waals surface area contributed by atoms with Crippen LogP contribution in [0.15, 0.2) is 28.7 Å². The van der Waals surface area contributed by atoms with Crippen molar-refractivity contribution in [1.29, 1.82) is 0 Å². The number of rotatable bonds is 2. The van der Waals surface area contributed by atoms with Gasteiger partial charge in [0.1, 0.15) is 5.82 Å². The minimum atomic E-state index is -0.443. The summed E-state index contributed by atoms with van der Waals surface area (Å²) in [5.41, 5.74) is 11.9. The van der Waals surface area contributed by atoms with Crippen LogP contribution in [0, 0.1) is 33.5 Å². The van der Waals surface area contributed by atoms with E-state index in [9.17, 15) is 4.39 Å². The molecule has 0 spiro atoms. The topological polar surface area (TPSA) is 26.0 Å². The monoisotopic (exact) mass is 335 g/mol. The maximum absolute atomic E-state index is 14.2. The van der Waals surface area contributed by atoms with Crippen LogP contribution in [-0.4, -0.2) is 0 Å². The molecule has 0 heterocycles. The highest BCUT2D eigenvalue weighted by molar-refractivity contribution is 9.10. The third-order valence-corrected chi connectivity index (χ3v) is 4.86. The quantitative estimate of drug-likeness (QED) is 0.832. The summed E-state index contributed by atoms with van der Waals surface area (Å²) in [6.07, 6.45) is 0. The second kappa shape index (κ2) is 5.66. The highest BCUT2D eigenvalue weighted by Gasteiger charge is 2.18. The van der Waals surface area contributed by atoms with E-state index in [-0.39, 0.29) is 5.82 Å². The van der Waals surface area contributed by atoms with Gasteiger partial charge in [0.15, 0.2) is 0 Å². The SMILES string of the molecule is Cc1cc(C)c(C(N)c2cc(C)c(Br)c(C)c2)c(F)c1. The van der Waals surface area contributed by atoms with Gasteiger partial charge in [-0.25, -0.2) is 4.39 Å². The van der Waals surface area contributed by atoms with E-state index in [4.69, 9.17) is 5.73 Å². The molecule has 0 radical (unpaired) electrons. The van der Waals surface area contributed by atoms with Gasteiger partial charge in [-0.2, -0.15) is 0 Å². The van der Waals surface area contributed by atoms with Gasteiger partial charge in [0.05, 0.1) is 6.04 Å². The van der Waals surface area contributed by atoms with E-state index in [1.807, 2.05) is 45.9 Å². The second-order valence-corrected chi connectivity index (χ2v) is 6.22. The number of halogens is 2. The van der Waals surface area contributed by atoms with E-state index in [0.717, 1.165) is 32.3 Å². The van der Waals surface area contributed by atoms with Crippen LogP contribution in [0.2, 0.25) is 0 Å². The first-order chi connectivity index (χ1) is 9.31. The van der Waals surface area contributed by atoms with Crippen LogP contribution in [-0.2, 0) is 0 Å². The van der Waals surface area contributed by atoms with Gasteiger partial charge in [0, 0.05) is 10.0 Å². The molecule has 2 aromatic rings. The Morgan fingerprint density at radius 3 is 2.00 bits per heavy atom. The Balaban J connectivity index is 2.55. The molecule has 1 unspecified atom stereocenters. The number of hydrogen-bond donors (Lipinski definition) is 1. The predicted molar refractivity (Wildman–Crippen MR) is 85.5 cm³/mol. The van der Waals surface area contributed by atoms with E-state index in [1.165, 1.54) is 0 Å². The van der Waals surface area contributed by atoms with Crippen LogP contribution in [0.4, 0.5) is 4.39 Å². The van der Waals surface area contributed by atoms with Gasteiger partial charge in [0.2, 0.25) is 0 Å². The first kappa shape index (κ1) is 15.2. The summed E-state index contributed by atoms with van der Waals surface area (Å²) < 4.78 is 15.3. The maximum atomic E-state index is 14.2. The van der Waals surface area contributed by atoms with Crippen LogP contribution in [0.1, 0.15) is 39.4 Å². The lowest BCUT2D eigenvalue weighted by Gasteiger charge is -2.19. The van der Waals surface area contributed by atoms with E-state index in [2.05, 4.69) is 15.9 Å². The highest BCUT2D eigenvalue weighted by atomic mass is 79.9. The lowest BCUT2D eigenvalue weighted by molar-refractivity contribution is 0.596. The van der Waals surface area contributed by atoms with E-state index in [1.54, 1.807) is 6.07 Å². The normalized spacial score (nSPS) is 12.6. The Bertz CT molecular complexity index is 618. The smallest absolute Gasteiger partial charge is 0.128 e. The minimum Gasteiger partial charge on any atom is -0.320 e. The Hall–Kier alpha value is -1.19. The van der Waals surface area contributed by atoms with Crippen molar-refractivity contribution < 1.29 is 4.39 Å². The average Bonchev–Trinajstić information content (AvgIpc) is 2.33. The van der Waals surface area contributed by atoms with Gasteiger partial charge in [-0.1, -0.05) is 34.1 Å². The van der Waals surface area contributed by atoms with Crippen molar-refractivity contribution in [1.82, 2.24) is 0 Å². The van der Waals surface area contributed by atoms with Crippen molar-refractivity contribution in [2.45, 2.75) is 33.7 Å². The molecule has 0 saturated heterocycles. The van der Waals surface area contributed by atoms with Gasteiger partial charge >= 0.3 is 0 Å². The van der Waals surface area contributed by atoms with Crippen molar-refractivity contribution in [3.63, 3.8) is 0 Å². The number of hydrogen-bond acceptors (Lipinski definition) is 1. The zero-order valence-electron chi connectivity index (χ0n) is 12.2. The lowest BCUT2D eigenvalue weighted by atomic mass is 9.92. The van der Waals surface area contributed by atoms with Crippen LogP contribution in [0.3, 0.4) is 0 Å². The Labute approximate surface area is 128 Å². The van der Waals surface area contributed by atoms with Gasteiger partial charge in [0.25, 0.3) is 0 Å². The van der Waals surface area contributed by atoms with Crippen molar-refractivity contribution in [2.24, 2.45) is 5.73 Å². The molecule has 3 heteroatoms. The van der Waals surface area contributed by atoms with Crippen LogP contribution >= 0.6 is 15.9 Å². The second-order valence-electron chi connectivity index (χ2n) is 5.42. The molecular formula is C17H19BrFN. The van der Waals surface area contributed by atoms with Gasteiger partial charge in [-0.15, -0.1) is 0 Å². The van der Waals surface area contributed by atoms with Crippen molar-refractivity contribution in [2.75, 3.05) is 0 Å². The van der Waals surface area contributed by atoms with Crippen LogP contribution in [0.25, 0.3) is 0 Å². The average molecular weight is 336 g/mol. The minimum absolute atomic E-state index is 0.228. The first-order valence-corrected chi connectivity index (χ1v) is 7.39. The zero-order chi connectivity index (χ0) is 15.0. The summed E-state index contributed by atoms with van der Waals surface area (Å²) in [5.74, 6) is -0.228. The molecule has 0 aliphatic heterocycles. The molecule has 0 fully saturated rings. The van der Waals surface area contributed by atoms with Crippen molar-refractivity contribution in [3.05, 3.63) is 67.9 Å². The molecule has 0 aromatic heterocycles. The van der Waals surface area contributed by atoms with E-state index < -0.39 is 6.04 Å². The molecule has 0 amide bonds. The van der Waals surface area contributed by atoms with E-state index in [0.29, 0.717) is 5.56 Å². The van der Waals surface area contributed by atoms with E-state index >= 15 is 0 Å². The summed E-state index contributed by atoms with van der Waals surface area (Å²) >= 11 is 3.54. The molecule has 20 heavy (non-hydrogen) atoms. The molecule has 2 N–H and O–H groups in total. The van der Waals surface area contributed by atoms with Crippen LogP contribution in [0.5, 0.6) is 0 Å². The number of nitrogens with two attached hydrogens (primary N) is 1. The fraction of sp³-hybridized carbons (Fsp3) is 0.294. The molecule has 2 aromatic carbocycles. The van der Waals surface area contributed by atoms with Gasteiger partial charge < -0.3 is 5.73 Å². The number of aryl methyl sites for hydroxylation is 4. The standard InChI is InChI=1S/C17H19BrFN/c1-9-5-10(2)15(14(19)6-9)17(20)13-7-11(3)16(18)12(4)8-13/h5-8,17H,20H2,1-4H3. The predicted octanol–water partition coefficient (Wildman–Crippen LogP) is 4.87. The fourth-order valence-electron chi connectivity index (χ4n) is 2.65. The fourth-order valence-corrected chi connectivity index (χ4v) is 2.88. The molecular weight excluding hydrogens is 317 g/mol. The third-order valence-electron chi connectivity index (χ3n) is 3.61. The van der Waals surface area contributed by atoms with Crippen molar-refractivity contribution in [3.8, 4) is 0 Å². The van der Waals surface area contributed by atoms with Crippen LogP contribution < -0.4 is 5.73 Å². The molecule has 1 atom stereocenters. The van der Waals surface area contributed by atoms with Gasteiger partial charge in [-0.3, -0.25) is 0 Å². The molecule has 2 rings (SSSR count). The zero-order valence-corrected chi connectivity index (χ0v) is 13.8. The van der Waals surface area contributed by atoms with Gasteiger partial charge in [-0.05, 0) is 61.6 Å². The maximum Gasteiger partial charge on any atom is 0.128 e. The molecule has 0 aliphatic carbocycles. The highest BCUT2D eigenvalue weighted by Crippen LogP contribution is 2.30. The number of benzene rings is 2. The largest absolute Gasteiger partial charge is 0.320 e. The van der Waals surface area contributed by atoms with Crippen molar-refractivity contribution >= 4 is 15.9 Å². The molecule has 0 saturated carbocycles. The Morgan fingerprint density at radius 2 is 1.50 bits per heavy atom. The lowest BCUT2D eigenvalue weighted by Crippen LogP contribution is -2.16. The summed E-state index contributed by atoms with van der Waals surface area (Å²) in [5, 5.41) is 0. The molecule has 0 aliphatic rings.